The van der Waals surface area contributed by atoms with Crippen molar-refractivity contribution in [3.8, 4) is 0 Å². The first kappa shape index (κ1) is 11.6. The van der Waals surface area contributed by atoms with E-state index < -0.39 is 0 Å². The summed E-state index contributed by atoms with van der Waals surface area (Å²) in [5, 5.41) is 7.71. The summed E-state index contributed by atoms with van der Waals surface area (Å²) in [5.41, 5.74) is 7.01. The zero-order valence-electron chi connectivity index (χ0n) is 9.81. The molecular formula is C10H13N5OS. The van der Waals surface area contributed by atoms with Gasteiger partial charge < -0.3 is 11.1 Å². The molecule has 17 heavy (non-hydrogen) atoms. The van der Waals surface area contributed by atoms with Crippen LogP contribution >= 0.6 is 11.3 Å². The molecule has 2 aromatic heterocycles. The second-order valence-electron chi connectivity index (χ2n) is 3.67. The lowest BCUT2D eigenvalue weighted by Gasteiger charge is -2.04. The van der Waals surface area contributed by atoms with Crippen molar-refractivity contribution in [2.24, 2.45) is 7.05 Å². The minimum atomic E-state index is -0.217. The molecule has 0 aliphatic heterocycles. The fourth-order valence-corrected chi connectivity index (χ4v) is 2.13. The van der Waals surface area contributed by atoms with E-state index in [9.17, 15) is 4.79 Å². The van der Waals surface area contributed by atoms with Crippen molar-refractivity contribution in [1.82, 2.24) is 14.8 Å². The van der Waals surface area contributed by atoms with Crippen molar-refractivity contribution >= 4 is 28.7 Å². The van der Waals surface area contributed by atoms with E-state index in [-0.39, 0.29) is 5.91 Å². The number of carbonyl (C=O) groups excluding carboxylic acids is 1. The molecule has 0 aliphatic rings. The minimum Gasteiger partial charge on any atom is -0.394 e. The fraction of sp³-hybridized carbons (Fsp3) is 0.300. The average molecular weight is 251 g/mol. The molecule has 0 saturated carbocycles. The molecular weight excluding hydrogens is 238 g/mol. The molecule has 3 N–H and O–H groups in total. The van der Waals surface area contributed by atoms with E-state index in [1.807, 2.05) is 6.92 Å². The Bertz CT molecular complexity index is 571. The number of anilines is 2. The molecule has 0 atom stereocenters. The number of hydrogen-bond donors (Lipinski definition) is 2. The molecule has 0 aliphatic carbocycles. The zero-order valence-corrected chi connectivity index (χ0v) is 10.6. The Morgan fingerprint density at radius 2 is 2.24 bits per heavy atom. The quantitative estimate of drug-likeness (QED) is 0.843. The highest BCUT2D eigenvalue weighted by atomic mass is 32.1. The van der Waals surface area contributed by atoms with Gasteiger partial charge in [0.1, 0.15) is 4.88 Å². The molecule has 1 amide bonds. The molecule has 2 aromatic rings. The minimum absolute atomic E-state index is 0.217. The third-order valence-corrected chi connectivity index (χ3v) is 3.26. The predicted octanol–water partition coefficient (Wildman–Crippen LogP) is 1.33. The molecule has 90 valence electrons. The highest BCUT2D eigenvalue weighted by Crippen LogP contribution is 2.22. The van der Waals surface area contributed by atoms with Crippen molar-refractivity contribution < 1.29 is 4.79 Å². The maximum atomic E-state index is 11.9. The van der Waals surface area contributed by atoms with Crippen LogP contribution in [0.3, 0.4) is 0 Å². The van der Waals surface area contributed by atoms with Crippen molar-refractivity contribution in [1.29, 1.82) is 0 Å². The number of nitrogens with one attached hydrogen (secondary N) is 1. The Kier molecular flexibility index (Phi) is 2.84. The van der Waals surface area contributed by atoms with E-state index in [2.05, 4.69) is 15.4 Å². The number of rotatable bonds is 2. The maximum Gasteiger partial charge on any atom is 0.268 e. The topological polar surface area (TPSA) is 85.8 Å². The SMILES string of the molecule is Cc1ncc(C(=O)Nc2c(N)c(C)nn2C)s1. The summed E-state index contributed by atoms with van der Waals surface area (Å²) in [7, 11) is 1.73. The van der Waals surface area contributed by atoms with Gasteiger partial charge in [-0.25, -0.2) is 4.98 Å². The second-order valence-corrected chi connectivity index (χ2v) is 4.90. The Balaban J connectivity index is 2.24. The Morgan fingerprint density at radius 3 is 2.71 bits per heavy atom. The van der Waals surface area contributed by atoms with Crippen molar-refractivity contribution in [2.75, 3.05) is 11.1 Å². The van der Waals surface area contributed by atoms with Crippen LogP contribution in [0.5, 0.6) is 0 Å². The molecule has 0 aromatic carbocycles. The summed E-state index contributed by atoms with van der Waals surface area (Å²) in [5.74, 6) is 0.295. The summed E-state index contributed by atoms with van der Waals surface area (Å²) in [6.07, 6.45) is 1.55. The lowest BCUT2D eigenvalue weighted by molar-refractivity contribution is 0.102. The third-order valence-electron chi connectivity index (χ3n) is 2.35. The van der Waals surface area contributed by atoms with Gasteiger partial charge in [0.05, 0.1) is 22.6 Å². The molecule has 0 bridgehead atoms. The number of aromatic nitrogens is 3. The summed E-state index contributed by atoms with van der Waals surface area (Å²) in [6.45, 7) is 3.64. The fourth-order valence-electron chi connectivity index (χ4n) is 1.46. The number of thiazole rings is 1. The van der Waals surface area contributed by atoms with Crippen LogP contribution in [0.15, 0.2) is 6.20 Å². The molecule has 0 radical (unpaired) electrons. The second kappa shape index (κ2) is 4.17. The van der Waals surface area contributed by atoms with E-state index in [4.69, 9.17) is 5.73 Å². The highest BCUT2D eigenvalue weighted by Gasteiger charge is 2.15. The van der Waals surface area contributed by atoms with Gasteiger partial charge in [0.25, 0.3) is 5.91 Å². The van der Waals surface area contributed by atoms with Gasteiger partial charge in [-0.3, -0.25) is 9.48 Å². The van der Waals surface area contributed by atoms with Gasteiger partial charge in [-0.2, -0.15) is 5.10 Å². The van der Waals surface area contributed by atoms with Crippen LogP contribution in [0.25, 0.3) is 0 Å². The normalized spacial score (nSPS) is 10.5. The Morgan fingerprint density at radius 1 is 1.53 bits per heavy atom. The van der Waals surface area contributed by atoms with Crippen LogP contribution in [0.2, 0.25) is 0 Å². The zero-order chi connectivity index (χ0) is 12.6. The molecule has 7 heteroatoms. The first-order valence-electron chi connectivity index (χ1n) is 5.02. The van der Waals surface area contributed by atoms with Gasteiger partial charge in [-0.15, -0.1) is 11.3 Å². The third kappa shape index (κ3) is 2.14. The number of nitrogen functional groups attached to an aromatic ring is 1. The Hall–Kier alpha value is -1.89. The smallest absolute Gasteiger partial charge is 0.268 e. The first-order chi connectivity index (χ1) is 7.99. The first-order valence-corrected chi connectivity index (χ1v) is 5.83. The molecule has 6 nitrogen and oxygen atoms in total. The number of carbonyl (C=O) groups is 1. The van der Waals surface area contributed by atoms with Crippen LogP contribution in [0, 0.1) is 13.8 Å². The highest BCUT2D eigenvalue weighted by molar-refractivity contribution is 7.13. The maximum absolute atomic E-state index is 11.9. The summed E-state index contributed by atoms with van der Waals surface area (Å²) in [6, 6.07) is 0. The number of hydrogen-bond acceptors (Lipinski definition) is 5. The van der Waals surface area contributed by atoms with E-state index in [1.165, 1.54) is 11.3 Å². The largest absolute Gasteiger partial charge is 0.394 e. The van der Waals surface area contributed by atoms with Gasteiger partial charge in [0, 0.05) is 7.05 Å². The summed E-state index contributed by atoms with van der Waals surface area (Å²) < 4.78 is 1.55. The Labute approximate surface area is 102 Å². The van der Waals surface area contributed by atoms with Crippen LogP contribution in [0.1, 0.15) is 20.4 Å². The van der Waals surface area contributed by atoms with E-state index in [1.54, 1.807) is 24.9 Å². The lowest BCUT2D eigenvalue weighted by atomic mass is 10.4. The number of amides is 1. The molecule has 0 unspecified atom stereocenters. The van der Waals surface area contributed by atoms with Crippen molar-refractivity contribution in [3.63, 3.8) is 0 Å². The van der Waals surface area contributed by atoms with Crippen LogP contribution in [-0.2, 0) is 7.05 Å². The van der Waals surface area contributed by atoms with E-state index in [0.717, 1.165) is 5.01 Å². The predicted molar refractivity (Wildman–Crippen MR) is 67.2 cm³/mol. The van der Waals surface area contributed by atoms with Gasteiger partial charge in [0.15, 0.2) is 5.82 Å². The van der Waals surface area contributed by atoms with Gasteiger partial charge in [-0.1, -0.05) is 0 Å². The van der Waals surface area contributed by atoms with Crippen molar-refractivity contribution in [2.45, 2.75) is 13.8 Å². The molecule has 2 rings (SSSR count). The number of aryl methyl sites for hydroxylation is 3. The van der Waals surface area contributed by atoms with Crippen molar-refractivity contribution in [3.05, 3.63) is 21.8 Å². The number of nitrogens with zero attached hydrogens (tertiary/aromatic N) is 3. The molecule has 0 spiro atoms. The molecule has 0 fully saturated rings. The molecule has 2 heterocycles. The van der Waals surface area contributed by atoms with Gasteiger partial charge in [-0.05, 0) is 13.8 Å². The lowest BCUT2D eigenvalue weighted by Crippen LogP contribution is -2.14. The number of nitrogens with two attached hydrogens (primary N) is 1. The monoisotopic (exact) mass is 251 g/mol. The van der Waals surface area contributed by atoms with Gasteiger partial charge in [0.2, 0.25) is 0 Å². The average Bonchev–Trinajstić information content (AvgIpc) is 2.79. The van der Waals surface area contributed by atoms with Crippen LogP contribution < -0.4 is 11.1 Å². The van der Waals surface area contributed by atoms with Crippen LogP contribution in [0.4, 0.5) is 11.5 Å². The summed E-state index contributed by atoms with van der Waals surface area (Å²) in [4.78, 5) is 16.5. The van der Waals surface area contributed by atoms with E-state index >= 15 is 0 Å². The standard InChI is InChI=1S/C10H13N5OS/c1-5-8(11)9(15(3)14-5)13-10(16)7-4-12-6(2)17-7/h4H,11H2,1-3H3,(H,13,16). The van der Waals surface area contributed by atoms with E-state index in [0.29, 0.717) is 22.1 Å². The van der Waals surface area contributed by atoms with Crippen LogP contribution in [-0.4, -0.2) is 20.7 Å². The van der Waals surface area contributed by atoms with Gasteiger partial charge >= 0.3 is 0 Å². The molecule has 0 saturated heterocycles. The summed E-state index contributed by atoms with van der Waals surface area (Å²) >= 11 is 1.34.